The van der Waals surface area contributed by atoms with Crippen molar-refractivity contribution in [2.24, 2.45) is 10.9 Å². The van der Waals surface area contributed by atoms with Gasteiger partial charge in [-0.25, -0.2) is 14.6 Å². The molecule has 9 heteroatoms. The Morgan fingerprint density at radius 2 is 1.40 bits per heavy atom. The molecule has 4 aromatic carbocycles. The molecule has 0 bridgehead atoms. The summed E-state index contributed by atoms with van der Waals surface area (Å²) < 4.78 is 12.4. The number of amides is 4. The van der Waals surface area contributed by atoms with Gasteiger partial charge in [-0.15, -0.1) is 0 Å². The average Bonchev–Trinajstić information content (AvgIpc) is 3.78. The van der Waals surface area contributed by atoms with Gasteiger partial charge in [0.15, 0.2) is 12.1 Å². The van der Waals surface area contributed by atoms with Crippen molar-refractivity contribution >= 4 is 23.9 Å². The van der Waals surface area contributed by atoms with Crippen molar-refractivity contribution in [3.63, 3.8) is 0 Å². The molecular weight excluding hydrogens is 628 g/mol. The first-order chi connectivity index (χ1) is 24.2. The molecule has 0 saturated carbocycles. The number of hydrogen-bond donors (Lipinski definition) is 1. The number of rotatable bonds is 9. The van der Waals surface area contributed by atoms with E-state index in [9.17, 15) is 14.4 Å². The van der Waals surface area contributed by atoms with E-state index in [4.69, 9.17) is 14.5 Å². The maximum Gasteiger partial charge on any atom is 0.407 e. The van der Waals surface area contributed by atoms with Crippen LogP contribution in [0.1, 0.15) is 67.5 Å². The fraction of sp³-hybridized carbons (Fsp3) is 0.317. The van der Waals surface area contributed by atoms with Crippen LogP contribution in [0.3, 0.4) is 0 Å². The lowest BCUT2D eigenvalue weighted by Gasteiger charge is -2.27. The Bertz CT molecular complexity index is 1870. The SMILES string of the molecule is CC(C)C[C@H](NC(=O)OCC1c2ccccc2-c2ccccc21)C1=N[C@H](C(=O)N2C(=O)N(C)[C@H](C)[C@@H]2c2ccccc2)[C@@H](c2ccccc2)O1. The van der Waals surface area contributed by atoms with Crippen molar-refractivity contribution in [2.45, 2.75) is 63.4 Å². The number of ether oxygens (including phenoxy) is 2. The zero-order valence-electron chi connectivity index (χ0n) is 28.7. The Hall–Kier alpha value is -5.44. The minimum atomic E-state index is -1.04. The number of benzene rings is 4. The number of hydrogen-bond acceptors (Lipinski definition) is 6. The number of urea groups is 1. The normalized spacial score (nSPS) is 21.8. The summed E-state index contributed by atoms with van der Waals surface area (Å²) in [6.45, 7) is 6.20. The number of fused-ring (bicyclic) bond motifs is 3. The minimum Gasteiger partial charge on any atom is -0.468 e. The summed E-state index contributed by atoms with van der Waals surface area (Å²) in [6, 6.07) is 32.6. The van der Waals surface area contributed by atoms with Crippen LogP contribution in [-0.2, 0) is 14.3 Å². The smallest absolute Gasteiger partial charge is 0.407 e. The highest BCUT2D eigenvalue weighted by atomic mass is 16.6. The van der Waals surface area contributed by atoms with Crippen molar-refractivity contribution < 1.29 is 23.9 Å². The molecule has 1 N–H and O–H groups in total. The summed E-state index contributed by atoms with van der Waals surface area (Å²) in [5.41, 5.74) is 6.16. The third kappa shape index (κ3) is 6.12. The lowest BCUT2D eigenvalue weighted by atomic mass is 9.98. The van der Waals surface area contributed by atoms with Crippen LogP contribution in [0.4, 0.5) is 9.59 Å². The first-order valence-corrected chi connectivity index (χ1v) is 17.3. The molecule has 50 heavy (non-hydrogen) atoms. The van der Waals surface area contributed by atoms with Gasteiger partial charge >= 0.3 is 12.1 Å². The van der Waals surface area contributed by atoms with Crippen LogP contribution in [0.5, 0.6) is 0 Å². The monoisotopic (exact) mass is 670 g/mol. The molecule has 4 amide bonds. The number of alkyl carbamates (subject to hydrolysis) is 1. The molecule has 5 atom stereocenters. The van der Waals surface area contributed by atoms with Gasteiger partial charge in [0.05, 0.1) is 12.1 Å². The van der Waals surface area contributed by atoms with Crippen molar-refractivity contribution in [1.82, 2.24) is 15.1 Å². The van der Waals surface area contributed by atoms with Gasteiger partial charge in [-0.1, -0.05) is 123 Å². The lowest BCUT2D eigenvalue weighted by molar-refractivity contribution is -0.132. The van der Waals surface area contributed by atoms with E-state index in [1.807, 2.05) is 106 Å². The molecule has 2 heterocycles. The maximum atomic E-state index is 14.6. The van der Waals surface area contributed by atoms with Crippen molar-refractivity contribution in [2.75, 3.05) is 13.7 Å². The second kappa shape index (κ2) is 13.8. The fourth-order valence-electron chi connectivity index (χ4n) is 7.50. The van der Waals surface area contributed by atoms with Crippen LogP contribution in [-0.4, -0.2) is 65.5 Å². The van der Waals surface area contributed by atoms with Crippen molar-refractivity contribution in [1.29, 1.82) is 0 Å². The van der Waals surface area contributed by atoms with E-state index >= 15 is 0 Å². The molecule has 0 unspecified atom stereocenters. The van der Waals surface area contributed by atoms with E-state index in [0.717, 1.165) is 33.4 Å². The van der Waals surface area contributed by atoms with Gasteiger partial charge < -0.3 is 19.7 Å². The van der Waals surface area contributed by atoms with Crippen molar-refractivity contribution in [3.8, 4) is 11.1 Å². The molecule has 0 aromatic heterocycles. The van der Waals surface area contributed by atoms with E-state index in [-0.39, 0.29) is 36.4 Å². The predicted octanol–water partition coefficient (Wildman–Crippen LogP) is 7.50. The number of nitrogens with zero attached hydrogens (tertiary/aromatic N) is 3. The number of carbonyl (C=O) groups excluding carboxylic acids is 3. The molecule has 1 saturated heterocycles. The largest absolute Gasteiger partial charge is 0.468 e. The highest BCUT2D eigenvalue weighted by Gasteiger charge is 2.51. The Morgan fingerprint density at radius 3 is 2.00 bits per heavy atom. The van der Waals surface area contributed by atoms with Gasteiger partial charge in [0.2, 0.25) is 5.90 Å². The molecule has 1 aliphatic carbocycles. The second-order valence-corrected chi connectivity index (χ2v) is 13.7. The molecule has 256 valence electrons. The summed E-state index contributed by atoms with van der Waals surface area (Å²) in [5, 5.41) is 3.00. The van der Waals surface area contributed by atoms with Crippen molar-refractivity contribution in [3.05, 3.63) is 131 Å². The van der Waals surface area contributed by atoms with Crippen LogP contribution in [0, 0.1) is 5.92 Å². The quantitative estimate of drug-likeness (QED) is 0.199. The first-order valence-electron chi connectivity index (χ1n) is 17.3. The van der Waals surface area contributed by atoms with Crippen LogP contribution < -0.4 is 5.32 Å². The fourth-order valence-corrected chi connectivity index (χ4v) is 7.50. The van der Waals surface area contributed by atoms with Crippen LogP contribution in [0.15, 0.2) is 114 Å². The maximum absolute atomic E-state index is 14.6. The van der Waals surface area contributed by atoms with E-state index in [0.29, 0.717) is 6.42 Å². The van der Waals surface area contributed by atoms with E-state index in [2.05, 4.69) is 29.6 Å². The molecule has 9 nitrogen and oxygen atoms in total. The van der Waals surface area contributed by atoms with Gasteiger partial charge in [-0.05, 0) is 52.6 Å². The second-order valence-electron chi connectivity index (χ2n) is 13.7. The number of likely N-dealkylation sites (N-methyl/N-ethyl adjacent to an activating group) is 1. The lowest BCUT2D eigenvalue weighted by Crippen LogP contribution is -2.43. The Morgan fingerprint density at radius 1 is 0.840 bits per heavy atom. The van der Waals surface area contributed by atoms with Gasteiger partial charge in [0, 0.05) is 13.0 Å². The first kappa shape index (κ1) is 33.1. The molecule has 2 aliphatic heterocycles. The third-order valence-corrected chi connectivity index (χ3v) is 10.1. The Labute approximate surface area is 292 Å². The molecule has 3 aliphatic rings. The molecule has 7 rings (SSSR count). The molecule has 0 spiro atoms. The summed E-state index contributed by atoms with van der Waals surface area (Å²) in [6.07, 6.45) is -0.882. The third-order valence-electron chi connectivity index (χ3n) is 10.1. The summed E-state index contributed by atoms with van der Waals surface area (Å²) >= 11 is 0. The zero-order chi connectivity index (χ0) is 34.9. The Balaban J connectivity index is 1.15. The molecular formula is C41H42N4O5. The van der Waals surface area contributed by atoms with Gasteiger partial charge in [0.25, 0.3) is 5.91 Å². The number of nitrogens with one attached hydrogen (secondary N) is 1. The van der Waals surface area contributed by atoms with Crippen LogP contribution in [0.2, 0.25) is 0 Å². The van der Waals surface area contributed by atoms with E-state index in [1.165, 1.54) is 4.90 Å². The van der Waals surface area contributed by atoms with Gasteiger partial charge in [-0.2, -0.15) is 0 Å². The average molecular weight is 671 g/mol. The number of aliphatic imine (C=N–C) groups is 1. The molecule has 4 aromatic rings. The van der Waals surface area contributed by atoms with Crippen LogP contribution in [0.25, 0.3) is 11.1 Å². The highest BCUT2D eigenvalue weighted by molar-refractivity contribution is 6.02. The topological polar surface area (TPSA) is 101 Å². The Kier molecular flexibility index (Phi) is 9.14. The number of carbonyl (C=O) groups is 3. The molecule has 0 radical (unpaired) electrons. The van der Waals surface area contributed by atoms with E-state index in [1.54, 1.807) is 11.9 Å². The van der Waals surface area contributed by atoms with Gasteiger partial charge in [-0.3, -0.25) is 9.69 Å². The van der Waals surface area contributed by atoms with E-state index < -0.39 is 36.2 Å². The summed E-state index contributed by atoms with van der Waals surface area (Å²) in [5.74, 6) is -0.142. The summed E-state index contributed by atoms with van der Waals surface area (Å²) in [4.78, 5) is 49.5. The van der Waals surface area contributed by atoms with Gasteiger partial charge in [0.1, 0.15) is 12.6 Å². The molecule has 1 fully saturated rings. The standard InChI is InChI=1S/C41H42N4O5/c1-25(2)23-34(42-40(47)49-24-33-31-21-13-11-19-29(31)30-20-12-14-22-32(30)33)38-43-35(37(50-38)28-17-9-6-10-18-28)39(46)45-36(26(3)44(4)41(45)48)27-15-7-5-8-16-27/h5-22,25-26,33-37H,23-24H2,1-4H3,(H,42,47)/t26-,34+,35+,36-,37-/m1/s1. The number of imide groups is 1. The van der Waals surface area contributed by atoms with Crippen LogP contribution >= 0.6 is 0 Å². The minimum absolute atomic E-state index is 0.0858. The predicted molar refractivity (Wildman–Crippen MR) is 192 cm³/mol. The zero-order valence-corrected chi connectivity index (χ0v) is 28.7. The summed E-state index contributed by atoms with van der Waals surface area (Å²) in [7, 11) is 1.71. The highest BCUT2D eigenvalue weighted by Crippen LogP contribution is 2.44.